The number of amides is 1. The SMILES string of the molecule is CCC(=O)N1CCNC(CC#N)C1. The second-order valence-electron chi connectivity index (χ2n) is 3.21. The number of nitriles is 1. The number of carbonyl (C=O) groups excluding carboxylic acids is 1. The van der Waals surface area contributed by atoms with Gasteiger partial charge in [0.15, 0.2) is 0 Å². The van der Waals surface area contributed by atoms with E-state index in [0.29, 0.717) is 19.4 Å². The van der Waals surface area contributed by atoms with Gasteiger partial charge in [0, 0.05) is 32.1 Å². The molecule has 0 bridgehead atoms. The van der Waals surface area contributed by atoms with Gasteiger partial charge in [-0.25, -0.2) is 0 Å². The smallest absolute Gasteiger partial charge is 0.222 e. The Balaban J connectivity index is 2.42. The van der Waals surface area contributed by atoms with Crippen LogP contribution in [-0.2, 0) is 4.79 Å². The molecule has 1 unspecified atom stereocenters. The van der Waals surface area contributed by atoms with Crippen LogP contribution in [-0.4, -0.2) is 36.5 Å². The van der Waals surface area contributed by atoms with E-state index in [1.807, 2.05) is 11.8 Å². The zero-order chi connectivity index (χ0) is 9.68. The third-order valence-corrected chi connectivity index (χ3v) is 2.25. The molecular formula is C9H15N3O. The molecule has 0 saturated carbocycles. The van der Waals surface area contributed by atoms with Crippen LogP contribution in [0.25, 0.3) is 0 Å². The number of nitrogens with one attached hydrogen (secondary N) is 1. The van der Waals surface area contributed by atoms with Crippen molar-refractivity contribution in [3.63, 3.8) is 0 Å². The summed E-state index contributed by atoms with van der Waals surface area (Å²) in [5, 5.41) is 11.7. The van der Waals surface area contributed by atoms with E-state index in [9.17, 15) is 4.79 Å². The van der Waals surface area contributed by atoms with Crippen LogP contribution >= 0.6 is 0 Å². The predicted molar refractivity (Wildman–Crippen MR) is 48.9 cm³/mol. The van der Waals surface area contributed by atoms with E-state index in [4.69, 9.17) is 5.26 Å². The van der Waals surface area contributed by atoms with Crippen molar-refractivity contribution in [2.75, 3.05) is 19.6 Å². The summed E-state index contributed by atoms with van der Waals surface area (Å²) in [5.41, 5.74) is 0. The molecule has 13 heavy (non-hydrogen) atoms. The summed E-state index contributed by atoms with van der Waals surface area (Å²) >= 11 is 0. The number of hydrogen-bond acceptors (Lipinski definition) is 3. The summed E-state index contributed by atoms with van der Waals surface area (Å²) in [5.74, 6) is 0.185. The molecule has 0 radical (unpaired) electrons. The maximum absolute atomic E-state index is 11.3. The molecule has 0 spiro atoms. The average Bonchev–Trinajstić information content (AvgIpc) is 2.18. The first-order chi connectivity index (χ1) is 6.27. The number of nitrogens with zero attached hydrogens (tertiary/aromatic N) is 2. The molecule has 0 aromatic carbocycles. The van der Waals surface area contributed by atoms with Crippen molar-refractivity contribution >= 4 is 5.91 Å². The third-order valence-electron chi connectivity index (χ3n) is 2.25. The fourth-order valence-electron chi connectivity index (χ4n) is 1.52. The molecule has 1 rings (SSSR count). The summed E-state index contributed by atoms with van der Waals surface area (Å²) in [4.78, 5) is 13.2. The minimum absolute atomic E-state index is 0.161. The van der Waals surface area contributed by atoms with Crippen LogP contribution in [0, 0.1) is 11.3 Å². The summed E-state index contributed by atoms with van der Waals surface area (Å²) in [6, 6.07) is 2.28. The summed E-state index contributed by atoms with van der Waals surface area (Å²) in [6.45, 7) is 4.12. The van der Waals surface area contributed by atoms with Crippen LogP contribution in [0.2, 0.25) is 0 Å². The van der Waals surface area contributed by atoms with Crippen molar-refractivity contribution in [3.8, 4) is 6.07 Å². The molecule has 1 saturated heterocycles. The molecule has 4 nitrogen and oxygen atoms in total. The van der Waals surface area contributed by atoms with E-state index >= 15 is 0 Å². The van der Waals surface area contributed by atoms with Crippen molar-refractivity contribution in [2.24, 2.45) is 0 Å². The maximum atomic E-state index is 11.3. The van der Waals surface area contributed by atoms with E-state index in [1.54, 1.807) is 0 Å². The van der Waals surface area contributed by atoms with Gasteiger partial charge in [-0.15, -0.1) is 0 Å². The second kappa shape index (κ2) is 4.83. The largest absolute Gasteiger partial charge is 0.340 e. The lowest BCUT2D eigenvalue weighted by Crippen LogP contribution is -2.52. The van der Waals surface area contributed by atoms with Gasteiger partial charge >= 0.3 is 0 Å². The Morgan fingerprint density at radius 3 is 3.15 bits per heavy atom. The monoisotopic (exact) mass is 181 g/mol. The molecule has 4 heteroatoms. The van der Waals surface area contributed by atoms with Crippen molar-refractivity contribution in [2.45, 2.75) is 25.8 Å². The zero-order valence-electron chi connectivity index (χ0n) is 7.92. The predicted octanol–water partition coefficient (Wildman–Crippen LogP) is 0.110. The zero-order valence-corrected chi connectivity index (χ0v) is 7.92. The lowest BCUT2D eigenvalue weighted by Gasteiger charge is -2.32. The van der Waals surface area contributed by atoms with Crippen molar-refractivity contribution in [1.29, 1.82) is 5.26 Å². The van der Waals surface area contributed by atoms with Crippen LogP contribution < -0.4 is 5.32 Å². The van der Waals surface area contributed by atoms with E-state index in [0.717, 1.165) is 13.1 Å². The Morgan fingerprint density at radius 2 is 2.54 bits per heavy atom. The Morgan fingerprint density at radius 1 is 1.77 bits per heavy atom. The summed E-state index contributed by atoms with van der Waals surface area (Å²) in [7, 11) is 0. The normalized spacial score (nSPS) is 22.5. The highest BCUT2D eigenvalue weighted by Crippen LogP contribution is 2.03. The van der Waals surface area contributed by atoms with E-state index in [2.05, 4.69) is 11.4 Å². The number of hydrogen-bond donors (Lipinski definition) is 1. The highest BCUT2D eigenvalue weighted by atomic mass is 16.2. The molecule has 1 fully saturated rings. The topological polar surface area (TPSA) is 56.1 Å². The van der Waals surface area contributed by atoms with E-state index < -0.39 is 0 Å². The highest BCUT2D eigenvalue weighted by molar-refractivity contribution is 5.75. The average molecular weight is 181 g/mol. The van der Waals surface area contributed by atoms with Gasteiger partial charge in [0.1, 0.15) is 0 Å². The maximum Gasteiger partial charge on any atom is 0.222 e. The van der Waals surface area contributed by atoms with E-state index in [-0.39, 0.29) is 11.9 Å². The van der Waals surface area contributed by atoms with Crippen molar-refractivity contribution in [3.05, 3.63) is 0 Å². The van der Waals surface area contributed by atoms with Crippen LogP contribution in [0.3, 0.4) is 0 Å². The molecule has 0 aromatic heterocycles. The third kappa shape index (κ3) is 2.71. The van der Waals surface area contributed by atoms with Crippen LogP contribution in [0.1, 0.15) is 19.8 Å². The molecule has 1 aliphatic heterocycles. The minimum Gasteiger partial charge on any atom is -0.340 e. The fourth-order valence-corrected chi connectivity index (χ4v) is 1.52. The van der Waals surface area contributed by atoms with Crippen molar-refractivity contribution in [1.82, 2.24) is 10.2 Å². The first-order valence-electron chi connectivity index (χ1n) is 4.66. The molecule has 1 N–H and O–H groups in total. The quantitative estimate of drug-likeness (QED) is 0.658. The first-order valence-corrected chi connectivity index (χ1v) is 4.66. The van der Waals surface area contributed by atoms with Gasteiger partial charge in [-0.05, 0) is 0 Å². The Hall–Kier alpha value is -1.08. The molecule has 1 heterocycles. The van der Waals surface area contributed by atoms with Crippen molar-refractivity contribution < 1.29 is 4.79 Å². The number of piperazine rings is 1. The van der Waals surface area contributed by atoms with Gasteiger partial charge in [0.2, 0.25) is 5.91 Å². The minimum atomic E-state index is 0.161. The van der Waals surface area contributed by atoms with Crippen LogP contribution in [0.4, 0.5) is 0 Å². The van der Waals surface area contributed by atoms with Gasteiger partial charge < -0.3 is 10.2 Å². The molecule has 1 atom stereocenters. The molecule has 0 aromatic rings. The number of rotatable bonds is 2. The van der Waals surface area contributed by atoms with Gasteiger partial charge in [-0.1, -0.05) is 6.92 Å². The lowest BCUT2D eigenvalue weighted by molar-refractivity contribution is -0.132. The van der Waals surface area contributed by atoms with Gasteiger partial charge in [-0.3, -0.25) is 4.79 Å². The van der Waals surface area contributed by atoms with Gasteiger partial charge in [-0.2, -0.15) is 5.26 Å². The summed E-state index contributed by atoms with van der Waals surface area (Å²) in [6.07, 6.45) is 1.03. The van der Waals surface area contributed by atoms with Gasteiger partial charge in [0.25, 0.3) is 0 Å². The standard InChI is InChI=1S/C9H15N3O/c1-2-9(13)12-6-5-11-8(7-12)3-4-10/h8,11H,2-3,5-7H2,1H3. The fraction of sp³-hybridized carbons (Fsp3) is 0.778. The van der Waals surface area contributed by atoms with Crippen LogP contribution in [0.15, 0.2) is 0 Å². The summed E-state index contributed by atoms with van der Waals surface area (Å²) < 4.78 is 0. The number of carbonyl (C=O) groups is 1. The van der Waals surface area contributed by atoms with E-state index in [1.165, 1.54) is 0 Å². The molecule has 72 valence electrons. The molecule has 1 aliphatic rings. The Labute approximate surface area is 78.5 Å². The lowest BCUT2D eigenvalue weighted by atomic mass is 10.1. The second-order valence-corrected chi connectivity index (χ2v) is 3.21. The Kier molecular flexibility index (Phi) is 3.71. The van der Waals surface area contributed by atoms with Crippen LogP contribution in [0.5, 0.6) is 0 Å². The van der Waals surface area contributed by atoms with Gasteiger partial charge in [0.05, 0.1) is 12.5 Å². The molecule has 0 aliphatic carbocycles. The highest BCUT2D eigenvalue weighted by Gasteiger charge is 2.21. The Bertz CT molecular complexity index is 221. The first kappa shape index (κ1) is 10.0. The molecule has 1 amide bonds. The molecular weight excluding hydrogens is 166 g/mol.